The monoisotopic (exact) mass is 342 g/mol. The van der Waals surface area contributed by atoms with Crippen LogP contribution in [0.2, 0.25) is 0 Å². The molecule has 0 aliphatic carbocycles. The lowest BCUT2D eigenvalue weighted by molar-refractivity contribution is 0.0296. The van der Waals surface area contributed by atoms with Gasteiger partial charge in [0.15, 0.2) is 11.5 Å². The number of nitrogen functional groups attached to an aromatic ring is 1. The molecule has 132 valence electrons. The molecule has 1 aliphatic heterocycles. The van der Waals surface area contributed by atoms with E-state index in [2.05, 4.69) is 0 Å². The van der Waals surface area contributed by atoms with Crippen molar-refractivity contribution in [2.45, 2.75) is 19.1 Å². The number of rotatable bonds is 6. The Morgan fingerprint density at radius 3 is 2.64 bits per heavy atom. The van der Waals surface area contributed by atoms with Gasteiger partial charge in [0.05, 0.1) is 25.3 Å². The zero-order valence-electron chi connectivity index (χ0n) is 14.1. The van der Waals surface area contributed by atoms with E-state index in [0.29, 0.717) is 35.9 Å². The zero-order chi connectivity index (χ0) is 17.8. The van der Waals surface area contributed by atoms with Crippen LogP contribution < -0.4 is 15.2 Å². The highest BCUT2D eigenvalue weighted by atomic mass is 16.5. The molecule has 1 atom stereocenters. The van der Waals surface area contributed by atoms with Crippen LogP contribution in [0.25, 0.3) is 0 Å². The van der Waals surface area contributed by atoms with E-state index in [1.807, 2.05) is 30.3 Å². The van der Waals surface area contributed by atoms with E-state index in [9.17, 15) is 9.90 Å². The number of hydrogen-bond acceptors (Lipinski definition) is 5. The maximum Gasteiger partial charge on any atom is 0.256 e. The number of anilines is 1. The summed E-state index contributed by atoms with van der Waals surface area (Å²) in [6.45, 7) is 0.960. The lowest BCUT2D eigenvalue weighted by Crippen LogP contribution is -2.53. The minimum absolute atomic E-state index is 0.0406. The number of ether oxygens (including phenoxy) is 2. The third-order valence-corrected chi connectivity index (χ3v) is 4.42. The van der Waals surface area contributed by atoms with Gasteiger partial charge in [-0.2, -0.15) is 0 Å². The number of carbonyl (C=O) groups is 1. The molecule has 0 aromatic heterocycles. The number of hydrogen-bond donors (Lipinski definition) is 2. The molecule has 1 aliphatic rings. The van der Waals surface area contributed by atoms with Crippen LogP contribution in [-0.4, -0.2) is 42.2 Å². The van der Waals surface area contributed by atoms with Gasteiger partial charge >= 0.3 is 0 Å². The largest absolute Gasteiger partial charge is 0.493 e. The van der Waals surface area contributed by atoms with Crippen molar-refractivity contribution < 1.29 is 19.4 Å². The number of methoxy groups -OCH3 is 1. The Kier molecular flexibility index (Phi) is 5.09. The maximum absolute atomic E-state index is 12.6. The molecule has 1 saturated heterocycles. The zero-order valence-corrected chi connectivity index (χ0v) is 14.1. The quantitative estimate of drug-likeness (QED) is 0.785. The van der Waals surface area contributed by atoms with Crippen LogP contribution in [0, 0.1) is 0 Å². The van der Waals surface area contributed by atoms with Crippen molar-refractivity contribution in [3.63, 3.8) is 0 Å². The van der Waals surface area contributed by atoms with Crippen LogP contribution in [0.3, 0.4) is 0 Å². The van der Waals surface area contributed by atoms with Crippen molar-refractivity contribution in [2.24, 2.45) is 0 Å². The lowest BCUT2D eigenvalue weighted by Gasteiger charge is -2.40. The van der Waals surface area contributed by atoms with E-state index in [1.165, 1.54) is 7.11 Å². The molecule has 0 radical (unpaired) electrons. The highest BCUT2D eigenvalue weighted by Crippen LogP contribution is 2.34. The number of nitrogens with zero attached hydrogens (tertiary/aromatic N) is 1. The summed E-state index contributed by atoms with van der Waals surface area (Å²) in [4.78, 5) is 14.2. The fraction of sp³-hybridized carbons (Fsp3) is 0.316. The van der Waals surface area contributed by atoms with Crippen LogP contribution in [0.15, 0.2) is 42.5 Å². The molecule has 0 saturated carbocycles. The Balaban J connectivity index is 1.79. The van der Waals surface area contributed by atoms with Crippen molar-refractivity contribution in [3.05, 3.63) is 53.6 Å². The molecule has 1 amide bonds. The third-order valence-electron chi connectivity index (χ3n) is 4.42. The molecule has 0 unspecified atom stereocenters. The van der Waals surface area contributed by atoms with Crippen LogP contribution in [-0.2, 0) is 6.61 Å². The molecular formula is C19H22N2O4. The summed E-state index contributed by atoms with van der Waals surface area (Å²) in [5.74, 6) is 0.744. The van der Waals surface area contributed by atoms with Crippen molar-refractivity contribution >= 4 is 11.6 Å². The molecule has 6 nitrogen and oxygen atoms in total. The second-order valence-electron chi connectivity index (χ2n) is 5.99. The summed E-state index contributed by atoms with van der Waals surface area (Å²) in [5.41, 5.74) is 7.79. The SMILES string of the molecule is COc1cc(C(=O)N2CC[C@H]2CO)c(N)cc1OCc1ccccc1. The Morgan fingerprint density at radius 2 is 2.04 bits per heavy atom. The van der Waals surface area contributed by atoms with Gasteiger partial charge in [-0.3, -0.25) is 4.79 Å². The van der Waals surface area contributed by atoms with Crippen LogP contribution in [0.1, 0.15) is 22.3 Å². The predicted molar refractivity (Wildman–Crippen MR) is 94.7 cm³/mol. The predicted octanol–water partition coefficient (Wildman–Crippen LogP) is 2.06. The van der Waals surface area contributed by atoms with Crippen LogP contribution >= 0.6 is 0 Å². The molecule has 6 heteroatoms. The number of carbonyl (C=O) groups excluding carboxylic acids is 1. The summed E-state index contributed by atoms with van der Waals surface area (Å²) in [7, 11) is 1.52. The lowest BCUT2D eigenvalue weighted by atomic mass is 10.0. The van der Waals surface area contributed by atoms with Crippen molar-refractivity contribution in [1.82, 2.24) is 4.90 Å². The summed E-state index contributed by atoms with van der Waals surface area (Å²) < 4.78 is 11.2. The molecule has 25 heavy (non-hydrogen) atoms. The van der Waals surface area contributed by atoms with Gasteiger partial charge in [-0.05, 0) is 18.1 Å². The maximum atomic E-state index is 12.6. The van der Waals surface area contributed by atoms with Crippen LogP contribution in [0.4, 0.5) is 5.69 Å². The van der Waals surface area contributed by atoms with E-state index >= 15 is 0 Å². The molecule has 2 aromatic carbocycles. The average Bonchev–Trinajstić information content (AvgIpc) is 2.60. The topological polar surface area (TPSA) is 85.0 Å². The first-order valence-electron chi connectivity index (χ1n) is 8.20. The molecule has 3 N–H and O–H groups in total. The van der Waals surface area contributed by atoms with Crippen molar-refractivity contribution in [1.29, 1.82) is 0 Å². The minimum Gasteiger partial charge on any atom is -0.493 e. The van der Waals surface area contributed by atoms with E-state index in [0.717, 1.165) is 12.0 Å². The van der Waals surface area contributed by atoms with Gasteiger partial charge in [0.2, 0.25) is 0 Å². The standard InChI is InChI=1S/C19H22N2O4/c1-24-17-9-15(19(23)21-8-7-14(21)11-22)16(20)10-18(17)25-12-13-5-3-2-4-6-13/h2-6,9-10,14,22H,7-8,11-12,20H2,1H3/t14-/m0/s1. The smallest absolute Gasteiger partial charge is 0.256 e. The van der Waals surface area contributed by atoms with Crippen molar-refractivity contribution in [2.75, 3.05) is 26.0 Å². The fourth-order valence-corrected chi connectivity index (χ4v) is 2.82. The Labute approximate surface area is 146 Å². The summed E-state index contributed by atoms with van der Waals surface area (Å²) in [5, 5.41) is 9.27. The van der Waals surface area contributed by atoms with Gasteiger partial charge < -0.3 is 25.2 Å². The van der Waals surface area contributed by atoms with E-state index < -0.39 is 0 Å². The number of amides is 1. The normalized spacial score (nSPS) is 16.2. The second kappa shape index (κ2) is 7.44. The highest BCUT2D eigenvalue weighted by Gasteiger charge is 2.33. The molecule has 3 rings (SSSR count). The van der Waals surface area contributed by atoms with Gasteiger partial charge in [-0.1, -0.05) is 30.3 Å². The van der Waals surface area contributed by atoms with Crippen LogP contribution in [0.5, 0.6) is 11.5 Å². The van der Waals surface area contributed by atoms with E-state index in [1.54, 1.807) is 17.0 Å². The fourth-order valence-electron chi connectivity index (χ4n) is 2.82. The van der Waals surface area contributed by atoms with Gasteiger partial charge in [0, 0.05) is 18.3 Å². The third kappa shape index (κ3) is 3.53. The number of aliphatic hydroxyl groups is 1. The summed E-state index contributed by atoms with van der Waals surface area (Å²) >= 11 is 0. The first-order chi connectivity index (χ1) is 12.1. The molecule has 0 spiro atoms. The van der Waals surface area contributed by atoms with E-state index in [-0.39, 0.29) is 18.6 Å². The van der Waals surface area contributed by atoms with Crippen molar-refractivity contribution in [3.8, 4) is 11.5 Å². The van der Waals surface area contributed by atoms with Gasteiger partial charge in [-0.15, -0.1) is 0 Å². The Bertz CT molecular complexity index is 747. The second-order valence-corrected chi connectivity index (χ2v) is 5.99. The molecule has 0 bridgehead atoms. The Hall–Kier alpha value is -2.73. The van der Waals surface area contributed by atoms with Gasteiger partial charge in [0.25, 0.3) is 5.91 Å². The van der Waals surface area contributed by atoms with Gasteiger partial charge in [0.1, 0.15) is 6.61 Å². The number of nitrogens with two attached hydrogens (primary N) is 1. The summed E-state index contributed by atoms with van der Waals surface area (Å²) in [6, 6.07) is 12.8. The molecule has 1 heterocycles. The molecule has 1 fully saturated rings. The minimum atomic E-state index is -0.198. The number of benzene rings is 2. The van der Waals surface area contributed by atoms with E-state index in [4.69, 9.17) is 15.2 Å². The molecule has 2 aromatic rings. The molecular weight excluding hydrogens is 320 g/mol. The number of aliphatic hydroxyl groups excluding tert-OH is 1. The van der Waals surface area contributed by atoms with Gasteiger partial charge in [-0.25, -0.2) is 0 Å². The first-order valence-corrected chi connectivity index (χ1v) is 8.20. The summed E-state index contributed by atoms with van der Waals surface area (Å²) in [6.07, 6.45) is 0.803. The Morgan fingerprint density at radius 1 is 1.28 bits per heavy atom. The highest BCUT2D eigenvalue weighted by molar-refractivity contribution is 6.00. The average molecular weight is 342 g/mol. The number of likely N-dealkylation sites (tertiary alicyclic amines) is 1. The first kappa shape index (κ1) is 17.1.